The van der Waals surface area contributed by atoms with E-state index in [0.29, 0.717) is 42.4 Å². The summed E-state index contributed by atoms with van der Waals surface area (Å²) in [5, 5.41) is 0. The summed E-state index contributed by atoms with van der Waals surface area (Å²) in [7, 11) is 0. The molecule has 0 saturated carbocycles. The second-order valence-electron chi connectivity index (χ2n) is 6.66. The van der Waals surface area contributed by atoms with Crippen LogP contribution in [0, 0.1) is 11.6 Å². The van der Waals surface area contributed by atoms with Crippen LogP contribution in [0.2, 0.25) is 0 Å². The average Bonchev–Trinajstić information content (AvgIpc) is 3.37. The van der Waals surface area contributed by atoms with E-state index in [1.807, 2.05) is 0 Å². The number of hydrogen-bond acceptors (Lipinski definition) is 3. The fourth-order valence-corrected chi connectivity index (χ4v) is 4.05. The van der Waals surface area contributed by atoms with E-state index in [1.165, 1.54) is 12.1 Å². The summed E-state index contributed by atoms with van der Waals surface area (Å²) in [5.41, 5.74) is 0.506. The van der Waals surface area contributed by atoms with E-state index in [9.17, 15) is 26.7 Å². The predicted molar refractivity (Wildman–Crippen MR) is 95.2 cm³/mol. The molecule has 0 spiro atoms. The lowest BCUT2D eigenvalue weighted by Crippen LogP contribution is -2.38. The molecule has 0 aliphatic carbocycles. The van der Waals surface area contributed by atoms with Crippen molar-refractivity contribution in [1.29, 1.82) is 0 Å². The molecule has 1 unspecified atom stereocenters. The molecule has 3 nitrogen and oxygen atoms in total. The Morgan fingerprint density at radius 1 is 1.04 bits per heavy atom. The smallest absolute Gasteiger partial charge is 0.335 e. The van der Waals surface area contributed by atoms with E-state index < -0.39 is 34.5 Å². The van der Waals surface area contributed by atoms with Gasteiger partial charge in [-0.3, -0.25) is 4.79 Å². The zero-order valence-corrected chi connectivity index (χ0v) is 15.1. The maximum Gasteiger partial charge on any atom is 0.409 e. The van der Waals surface area contributed by atoms with Crippen LogP contribution >= 0.6 is 11.9 Å². The molecule has 0 bridgehead atoms. The molecule has 0 aromatic heterocycles. The number of amides is 1. The van der Waals surface area contributed by atoms with Gasteiger partial charge in [-0.15, -0.1) is 0 Å². The summed E-state index contributed by atoms with van der Waals surface area (Å²) >= 11 is 0.250. The van der Waals surface area contributed by atoms with Crippen molar-refractivity contribution >= 4 is 23.6 Å². The molecule has 9 heteroatoms. The molecule has 2 aromatic carbocycles. The molecular weight excluding hydrogens is 399 g/mol. The Balaban J connectivity index is 1.64. The first-order valence-corrected chi connectivity index (χ1v) is 9.15. The molecule has 1 atom stereocenters. The first-order chi connectivity index (χ1) is 13.2. The maximum absolute atomic E-state index is 13.9. The number of carbonyl (C=O) groups excluding carboxylic acids is 1. The summed E-state index contributed by atoms with van der Waals surface area (Å²) in [5.74, 6) is -2.29. The summed E-state index contributed by atoms with van der Waals surface area (Å²) in [6.45, 7) is 1.39. The van der Waals surface area contributed by atoms with Crippen molar-refractivity contribution in [2.75, 3.05) is 13.1 Å². The molecule has 146 valence electrons. The summed E-state index contributed by atoms with van der Waals surface area (Å²) in [6.07, 6.45) is -5.35. The summed E-state index contributed by atoms with van der Waals surface area (Å²) in [4.78, 5) is 13.6. The standard InChI is InChI=1S/C19H13F5N2OS/c20-14-7-13(8-15(21)9-14)18(19(22,23)24)10-16(25-28-18)11-1-3-12(4-2-11)17(27)26-5-6-26/h1-4,7-9H,5-6,10H2. The van der Waals surface area contributed by atoms with Crippen LogP contribution in [-0.4, -0.2) is 35.8 Å². The van der Waals surface area contributed by atoms with Gasteiger partial charge >= 0.3 is 6.18 Å². The van der Waals surface area contributed by atoms with Crippen LogP contribution in [-0.2, 0) is 4.75 Å². The Morgan fingerprint density at radius 3 is 2.18 bits per heavy atom. The monoisotopic (exact) mass is 412 g/mol. The van der Waals surface area contributed by atoms with Crippen LogP contribution in [0.4, 0.5) is 22.0 Å². The highest BCUT2D eigenvalue weighted by Gasteiger charge is 2.60. The van der Waals surface area contributed by atoms with E-state index in [4.69, 9.17) is 0 Å². The van der Waals surface area contributed by atoms with E-state index in [0.717, 1.165) is 0 Å². The Kier molecular flexibility index (Phi) is 4.45. The normalized spacial score (nSPS) is 21.6. The van der Waals surface area contributed by atoms with E-state index >= 15 is 0 Å². The van der Waals surface area contributed by atoms with Gasteiger partial charge in [0.2, 0.25) is 0 Å². The Bertz CT molecular complexity index is 949. The summed E-state index contributed by atoms with van der Waals surface area (Å²) < 4.78 is 70.3. The Labute approximate surface area is 161 Å². The minimum absolute atomic E-state index is 0.130. The van der Waals surface area contributed by atoms with Crippen LogP contribution < -0.4 is 0 Å². The second-order valence-corrected chi connectivity index (χ2v) is 7.72. The minimum Gasteiger partial charge on any atom is -0.335 e. The van der Waals surface area contributed by atoms with Gasteiger partial charge in [0, 0.05) is 31.1 Å². The molecule has 2 heterocycles. The first kappa shape index (κ1) is 18.9. The third-order valence-electron chi connectivity index (χ3n) is 4.71. The molecule has 2 aliphatic rings. The lowest BCUT2D eigenvalue weighted by atomic mass is 9.89. The Morgan fingerprint density at radius 2 is 1.64 bits per heavy atom. The molecule has 1 fully saturated rings. The largest absolute Gasteiger partial charge is 0.409 e. The molecule has 0 N–H and O–H groups in total. The molecule has 1 saturated heterocycles. The molecule has 4 rings (SSSR count). The number of halogens is 5. The Hall–Kier alpha value is -2.42. The number of hydrogen-bond donors (Lipinski definition) is 0. The van der Waals surface area contributed by atoms with Gasteiger partial charge in [-0.1, -0.05) is 12.1 Å². The van der Waals surface area contributed by atoms with E-state index in [1.54, 1.807) is 17.0 Å². The van der Waals surface area contributed by atoms with Crippen LogP contribution in [0.3, 0.4) is 0 Å². The first-order valence-electron chi connectivity index (χ1n) is 8.38. The zero-order valence-electron chi connectivity index (χ0n) is 14.3. The van der Waals surface area contributed by atoms with Crippen molar-refractivity contribution in [3.8, 4) is 0 Å². The topological polar surface area (TPSA) is 32.4 Å². The van der Waals surface area contributed by atoms with E-state index in [2.05, 4.69) is 4.40 Å². The molecular formula is C19H13F5N2OS. The second kappa shape index (κ2) is 6.58. The third kappa shape index (κ3) is 3.28. The lowest BCUT2D eigenvalue weighted by Gasteiger charge is -2.30. The van der Waals surface area contributed by atoms with Crippen molar-refractivity contribution in [2.24, 2.45) is 4.40 Å². The van der Waals surface area contributed by atoms with Crippen LogP contribution in [0.1, 0.15) is 27.9 Å². The molecule has 28 heavy (non-hydrogen) atoms. The lowest BCUT2D eigenvalue weighted by molar-refractivity contribution is -0.159. The van der Waals surface area contributed by atoms with Gasteiger partial charge in [0.1, 0.15) is 11.6 Å². The van der Waals surface area contributed by atoms with Crippen molar-refractivity contribution in [2.45, 2.75) is 17.3 Å². The molecule has 1 amide bonds. The molecule has 0 radical (unpaired) electrons. The zero-order chi connectivity index (χ0) is 20.1. The van der Waals surface area contributed by atoms with Crippen molar-refractivity contribution in [1.82, 2.24) is 4.90 Å². The minimum atomic E-state index is -4.78. The van der Waals surface area contributed by atoms with Gasteiger partial charge in [0.15, 0.2) is 4.75 Å². The SMILES string of the molecule is O=C(c1ccc(C2=NSC(c3cc(F)cc(F)c3)(C(F)(F)F)C2)cc1)N1CC1. The number of rotatable bonds is 3. The molecule has 2 aromatic rings. The van der Waals surface area contributed by atoms with Gasteiger partial charge in [-0.25, -0.2) is 13.2 Å². The highest BCUT2D eigenvalue weighted by atomic mass is 32.2. The fourth-order valence-electron chi connectivity index (χ4n) is 3.09. The third-order valence-corrected chi connectivity index (χ3v) is 5.95. The van der Waals surface area contributed by atoms with Crippen LogP contribution in [0.5, 0.6) is 0 Å². The van der Waals surface area contributed by atoms with Crippen molar-refractivity contribution in [3.05, 3.63) is 70.8 Å². The van der Waals surface area contributed by atoms with Gasteiger partial charge in [-0.2, -0.15) is 13.2 Å². The molecule has 2 aliphatic heterocycles. The maximum atomic E-state index is 13.9. The number of alkyl halides is 3. The predicted octanol–water partition coefficient (Wildman–Crippen LogP) is 4.72. The van der Waals surface area contributed by atoms with Gasteiger partial charge in [0.25, 0.3) is 5.91 Å². The summed E-state index contributed by atoms with van der Waals surface area (Å²) in [6, 6.07) is 8.06. The average molecular weight is 412 g/mol. The van der Waals surface area contributed by atoms with E-state index in [-0.39, 0.29) is 23.6 Å². The fraction of sp³-hybridized carbons (Fsp3) is 0.263. The van der Waals surface area contributed by atoms with Gasteiger partial charge in [-0.05, 0) is 47.3 Å². The van der Waals surface area contributed by atoms with Gasteiger partial charge in [0.05, 0.1) is 5.71 Å². The van der Waals surface area contributed by atoms with Crippen molar-refractivity contribution in [3.63, 3.8) is 0 Å². The quantitative estimate of drug-likeness (QED) is 0.415. The number of benzene rings is 2. The highest BCUT2D eigenvalue weighted by Crippen LogP contribution is 2.56. The highest BCUT2D eigenvalue weighted by molar-refractivity contribution is 7.99. The number of nitrogens with zero attached hydrogens (tertiary/aromatic N) is 2. The van der Waals surface area contributed by atoms with Gasteiger partial charge < -0.3 is 4.90 Å². The van der Waals surface area contributed by atoms with Crippen molar-refractivity contribution < 1.29 is 26.7 Å². The van der Waals surface area contributed by atoms with Crippen LogP contribution in [0.25, 0.3) is 0 Å². The van der Waals surface area contributed by atoms with Crippen LogP contribution in [0.15, 0.2) is 46.9 Å². The number of carbonyl (C=O) groups is 1.